The van der Waals surface area contributed by atoms with Crippen molar-refractivity contribution < 1.29 is 14.3 Å². The summed E-state index contributed by atoms with van der Waals surface area (Å²) in [6.07, 6.45) is 0.766. The highest BCUT2D eigenvalue weighted by Crippen LogP contribution is 2.28. The molecule has 2 heterocycles. The van der Waals surface area contributed by atoms with E-state index in [1.807, 2.05) is 35.8 Å². The highest BCUT2D eigenvalue weighted by Gasteiger charge is 2.14. The van der Waals surface area contributed by atoms with Crippen LogP contribution in [0.1, 0.15) is 12.7 Å². The normalized spacial score (nSPS) is 10.9. The molecule has 0 radical (unpaired) electrons. The molecule has 0 aliphatic rings. The molecule has 1 N–H and O–H groups in total. The molecule has 2 aromatic heterocycles. The second-order valence-corrected chi connectivity index (χ2v) is 7.79. The third-order valence-electron chi connectivity index (χ3n) is 3.97. The van der Waals surface area contributed by atoms with Gasteiger partial charge in [0.25, 0.3) is 0 Å². The zero-order chi connectivity index (χ0) is 20.6. The Balaban J connectivity index is 1.57. The number of ether oxygens (including phenoxy) is 2. The van der Waals surface area contributed by atoms with E-state index in [0.29, 0.717) is 23.4 Å². The highest BCUT2D eigenvalue weighted by molar-refractivity contribution is 7.99. The van der Waals surface area contributed by atoms with Crippen molar-refractivity contribution in [1.82, 2.24) is 25.0 Å². The summed E-state index contributed by atoms with van der Waals surface area (Å²) >= 11 is 2.65. The largest absolute Gasteiger partial charge is 0.497 e. The second kappa shape index (κ2) is 10.3. The number of carbonyl (C=O) groups is 1. The summed E-state index contributed by atoms with van der Waals surface area (Å²) < 4.78 is 12.3. The average molecular weight is 435 g/mol. The standard InChI is InChI=1S/C18H22N6O3S2/c1-4-14-20-23-18(24(14)9-10-26-2)28-11-15(25)19-17-22-21-16(29-17)12-5-7-13(27-3)8-6-12/h5-8H,4,9-11H2,1-3H3,(H,19,22,25). The number of amides is 1. The molecule has 29 heavy (non-hydrogen) atoms. The molecule has 11 heteroatoms. The number of aromatic nitrogens is 5. The first-order valence-corrected chi connectivity index (χ1v) is 10.8. The fourth-order valence-corrected chi connectivity index (χ4v) is 4.05. The first-order chi connectivity index (χ1) is 14.1. The van der Waals surface area contributed by atoms with Crippen LogP contribution < -0.4 is 10.1 Å². The number of carbonyl (C=O) groups excluding carboxylic acids is 1. The van der Waals surface area contributed by atoms with Crippen LogP contribution in [0.15, 0.2) is 29.4 Å². The van der Waals surface area contributed by atoms with E-state index >= 15 is 0 Å². The van der Waals surface area contributed by atoms with Crippen LogP contribution in [0, 0.1) is 0 Å². The van der Waals surface area contributed by atoms with Crippen molar-refractivity contribution in [3.05, 3.63) is 30.1 Å². The van der Waals surface area contributed by atoms with E-state index < -0.39 is 0 Å². The second-order valence-electron chi connectivity index (χ2n) is 5.87. The van der Waals surface area contributed by atoms with Gasteiger partial charge in [0.15, 0.2) is 5.16 Å². The summed E-state index contributed by atoms with van der Waals surface area (Å²) in [5.41, 5.74) is 0.913. The van der Waals surface area contributed by atoms with Crippen LogP contribution in [0.4, 0.5) is 5.13 Å². The number of methoxy groups -OCH3 is 2. The molecule has 0 aliphatic heterocycles. The predicted molar refractivity (Wildman–Crippen MR) is 113 cm³/mol. The van der Waals surface area contributed by atoms with E-state index in [-0.39, 0.29) is 11.7 Å². The van der Waals surface area contributed by atoms with Crippen molar-refractivity contribution in [2.24, 2.45) is 0 Å². The van der Waals surface area contributed by atoms with E-state index in [9.17, 15) is 4.79 Å². The Kier molecular flexibility index (Phi) is 7.55. The van der Waals surface area contributed by atoms with Gasteiger partial charge in [-0.25, -0.2) is 0 Å². The predicted octanol–water partition coefficient (Wildman–Crippen LogP) is 2.74. The minimum absolute atomic E-state index is 0.174. The number of thioether (sulfide) groups is 1. The fraction of sp³-hybridized carbons (Fsp3) is 0.389. The van der Waals surface area contributed by atoms with Crippen molar-refractivity contribution >= 4 is 34.1 Å². The zero-order valence-corrected chi connectivity index (χ0v) is 18.0. The molecule has 3 rings (SSSR count). The molecular weight excluding hydrogens is 412 g/mol. The molecule has 0 bridgehead atoms. The van der Waals surface area contributed by atoms with E-state index in [1.165, 1.54) is 23.1 Å². The molecule has 1 amide bonds. The first kappa shape index (κ1) is 21.2. The Morgan fingerprint density at radius 3 is 2.66 bits per heavy atom. The molecule has 154 valence electrons. The molecule has 3 aromatic rings. The zero-order valence-electron chi connectivity index (χ0n) is 16.4. The van der Waals surface area contributed by atoms with Crippen LogP contribution in [0.25, 0.3) is 10.6 Å². The molecule has 0 spiro atoms. The van der Waals surface area contributed by atoms with Gasteiger partial charge in [-0.1, -0.05) is 30.0 Å². The van der Waals surface area contributed by atoms with E-state index in [4.69, 9.17) is 9.47 Å². The number of aryl methyl sites for hydroxylation is 1. The molecular formula is C18H22N6O3S2. The van der Waals surface area contributed by atoms with Gasteiger partial charge in [0.05, 0.1) is 19.5 Å². The number of hydrogen-bond donors (Lipinski definition) is 1. The molecule has 0 fully saturated rings. The summed E-state index contributed by atoms with van der Waals surface area (Å²) in [5.74, 6) is 1.67. The van der Waals surface area contributed by atoms with E-state index in [0.717, 1.165) is 28.6 Å². The lowest BCUT2D eigenvalue weighted by Crippen LogP contribution is -2.15. The minimum atomic E-state index is -0.174. The van der Waals surface area contributed by atoms with Gasteiger partial charge < -0.3 is 14.0 Å². The van der Waals surface area contributed by atoms with Crippen molar-refractivity contribution in [2.75, 3.05) is 31.9 Å². The van der Waals surface area contributed by atoms with Gasteiger partial charge in [0, 0.05) is 25.6 Å². The Bertz CT molecular complexity index is 941. The van der Waals surface area contributed by atoms with Gasteiger partial charge >= 0.3 is 0 Å². The SMILES string of the molecule is CCc1nnc(SCC(=O)Nc2nnc(-c3ccc(OC)cc3)s2)n1CCOC. The summed E-state index contributed by atoms with van der Waals surface area (Å²) in [6, 6.07) is 7.52. The van der Waals surface area contributed by atoms with Gasteiger partial charge in [0.2, 0.25) is 11.0 Å². The maximum absolute atomic E-state index is 12.3. The maximum Gasteiger partial charge on any atom is 0.236 e. The monoisotopic (exact) mass is 434 g/mol. The van der Waals surface area contributed by atoms with Crippen molar-refractivity contribution in [3.63, 3.8) is 0 Å². The Morgan fingerprint density at radius 1 is 1.17 bits per heavy atom. The van der Waals surface area contributed by atoms with E-state index in [2.05, 4.69) is 25.7 Å². The first-order valence-electron chi connectivity index (χ1n) is 8.96. The molecule has 9 nitrogen and oxygen atoms in total. The Labute approximate surface area is 176 Å². The smallest absolute Gasteiger partial charge is 0.236 e. The summed E-state index contributed by atoms with van der Waals surface area (Å²) in [6.45, 7) is 3.23. The Hall–Kier alpha value is -2.50. The lowest BCUT2D eigenvalue weighted by molar-refractivity contribution is -0.113. The number of hydrogen-bond acceptors (Lipinski definition) is 9. The lowest BCUT2D eigenvalue weighted by atomic mass is 10.2. The van der Waals surface area contributed by atoms with Crippen LogP contribution in [0.5, 0.6) is 5.75 Å². The number of anilines is 1. The number of rotatable bonds is 10. The van der Waals surface area contributed by atoms with Crippen molar-refractivity contribution in [1.29, 1.82) is 0 Å². The van der Waals surface area contributed by atoms with Gasteiger partial charge in [-0.05, 0) is 24.3 Å². The van der Waals surface area contributed by atoms with Crippen LogP contribution >= 0.6 is 23.1 Å². The van der Waals surface area contributed by atoms with Gasteiger partial charge in [-0.15, -0.1) is 20.4 Å². The van der Waals surface area contributed by atoms with Crippen LogP contribution in [-0.4, -0.2) is 57.4 Å². The van der Waals surface area contributed by atoms with Crippen molar-refractivity contribution in [2.45, 2.75) is 25.0 Å². The third-order valence-corrected chi connectivity index (χ3v) is 5.82. The highest BCUT2D eigenvalue weighted by atomic mass is 32.2. The number of nitrogens with one attached hydrogen (secondary N) is 1. The fourth-order valence-electron chi connectivity index (χ4n) is 2.50. The molecule has 0 saturated carbocycles. The van der Waals surface area contributed by atoms with Gasteiger partial charge in [-0.3, -0.25) is 10.1 Å². The van der Waals surface area contributed by atoms with Crippen molar-refractivity contribution in [3.8, 4) is 16.3 Å². The third kappa shape index (κ3) is 5.52. The topological polar surface area (TPSA) is 104 Å². The summed E-state index contributed by atoms with van der Waals surface area (Å²) in [4.78, 5) is 12.3. The van der Waals surface area contributed by atoms with Crippen LogP contribution in [0.2, 0.25) is 0 Å². The minimum Gasteiger partial charge on any atom is -0.497 e. The number of nitrogens with zero attached hydrogens (tertiary/aromatic N) is 5. The lowest BCUT2D eigenvalue weighted by Gasteiger charge is -2.08. The summed E-state index contributed by atoms with van der Waals surface area (Å²) in [5, 5.41) is 21.2. The van der Waals surface area contributed by atoms with Gasteiger partial charge in [-0.2, -0.15) is 0 Å². The van der Waals surface area contributed by atoms with Gasteiger partial charge in [0.1, 0.15) is 16.6 Å². The molecule has 1 aromatic carbocycles. The van der Waals surface area contributed by atoms with E-state index in [1.54, 1.807) is 14.2 Å². The maximum atomic E-state index is 12.3. The Morgan fingerprint density at radius 2 is 1.97 bits per heavy atom. The summed E-state index contributed by atoms with van der Waals surface area (Å²) in [7, 11) is 3.27. The molecule has 0 unspecified atom stereocenters. The molecule has 0 aliphatic carbocycles. The van der Waals surface area contributed by atoms with Crippen LogP contribution in [0.3, 0.4) is 0 Å². The molecule has 0 saturated heterocycles. The number of benzene rings is 1. The quantitative estimate of drug-likeness (QED) is 0.486. The van der Waals surface area contributed by atoms with Crippen LogP contribution in [-0.2, 0) is 22.5 Å². The average Bonchev–Trinajstić information content (AvgIpc) is 3.37. The molecule has 0 atom stereocenters.